The highest BCUT2D eigenvalue weighted by Gasteiger charge is 2.02. The van der Waals surface area contributed by atoms with Gasteiger partial charge in [0.05, 0.1) is 6.26 Å². The zero-order valence-electron chi connectivity index (χ0n) is 7.16. The maximum Gasteiger partial charge on any atom is 0.133 e. The highest BCUT2D eigenvalue weighted by Crippen LogP contribution is 2.20. The summed E-state index contributed by atoms with van der Waals surface area (Å²) in [5.74, 6) is 0.811. The molecule has 1 nitrogen and oxygen atoms in total. The molecule has 0 saturated carbocycles. The molecule has 0 aliphatic heterocycles. The van der Waals surface area contributed by atoms with Crippen LogP contribution in [0.1, 0.15) is 11.3 Å². The fourth-order valence-corrected chi connectivity index (χ4v) is 1.18. The molecule has 0 aliphatic rings. The minimum absolute atomic E-state index is 0.811. The standard InChI is InChI=1S/C12H9O/c1-10(12-8-5-9-13-12)11-6-3-2-4-7-11/h3-9H,1H2. The van der Waals surface area contributed by atoms with Crippen LogP contribution in [0.2, 0.25) is 0 Å². The summed E-state index contributed by atoms with van der Waals surface area (Å²) in [5, 5.41) is 0. The van der Waals surface area contributed by atoms with E-state index in [0.29, 0.717) is 0 Å². The minimum atomic E-state index is 0.811. The number of hydrogen-bond acceptors (Lipinski definition) is 1. The number of hydrogen-bond donors (Lipinski definition) is 0. The molecule has 0 aliphatic carbocycles. The summed E-state index contributed by atoms with van der Waals surface area (Å²) < 4.78 is 5.24. The van der Waals surface area contributed by atoms with E-state index in [-0.39, 0.29) is 0 Å². The van der Waals surface area contributed by atoms with Gasteiger partial charge in [0.1, 0.15) is 5.76 Å². The molecule has 13 heavy (non-hydrogen) atoms. The van der Waals surface area contributed by atoms with E-state index >= 15 is 0 Å². The predicted octanol–water partition coefficient (Wildman–Crippen LogP) is 3.14. The molecule has 0 amide bonds. The van der Waals surface area contributed by atoms with Crippen LogP contribution >= 0.6 is 0 Å². The van der Waals surface area contributed by atoms with Gasteiger partial charge in [-0.3, -0.25) is 0 Å². The SMILES string of the molecule is C=C(c1cc[c]cc1)c1ccco1. The van der Waals surface area contributed by atoms with Crippen LogP contribution in [-0.4, -0.2) is 0 Å². The van der Waals surface area contributed by atoms with Crippen LogP contribution in [0.25, 0.3) is 5.57 Å². The largest absolute Gasteiger partial charge is 0.464 e. The molecular weight excluding hydrogens is 160 g/mol. The van der Waals surface area contributed by atoms with E-state index in [0.717, 1.165) is 16.9 Å². The summed E-state index contributed by atoms with van der Waals surface area (Å²) in [5.41, 5.74) is 1.97. The number of rotatable bonds is 2. The molecule has 0 spiro atoms. The summed E-state index contributed by atoms with van der Waals surface area (Å²) in [6.07, 6.45) is 1.65. The van der Waals surface area contributed by atoms with Crippen molar-refractivity contribution in [1.29, 1.82) is 0 Å². The maximum atomic E-state index is 5.24. The van der Waals surface area contributed by atoms with Gasteiger partial charge in [0.2, 0.25) is 0 Å². The van der Waals surface area contributed by atoms with Gasteiger partial charge in [-0.15, -0.1) is 0 Å². The van der Waals surface area contributed by atoms with Crippen molar-refractivity contribution < 1.29 is 4.42 Å². The van der Waals surface area contributed by atoms with Crippen LogP contribution in [0.15, 0.2) is 53.7 Å². The monoisotopic (exact) mass is 169 g/mol. The normalized spacial score (nSPS) is 9.85. The van der Waals surface area contributed by atoms with Crippen molar-refractivity contribution in [2.75, 3.05) is 0 Å². The molecule has 1 radical (unpaired) electrons. The Morgan fingerprint density at radius 3 is 2.62 bits per heavy atom. The second-order valence-electron chi connectivity index (χ2n) is 2.74. The summed E-state index contributed by atoms with van der Waals surface area (Å²) in [4.78, 5) is 0. The van der Waals surface area contributed by atoms with E-state index in [2.05, 4.69) is 12.6 Å². The van der Waals surface area contributed by atoms with Gasteiger partial charge in [-0.25, -0.2) is 0 Å². The average molecular weight is 169 g/mol. The number of furan rings is 1. The smallest absolute Gasteiger partial charge is 0.133 e. The summed E-state index contributed by atoms with van der Waals surface area (Å²) in [7, 11) is 0. The second kappa shape index (κ2) is 3.31. The lowest BCUT2D eigenvalue weighted by Gasteiger charge is -2.00. The van der Waals surface area contributed by atoms with Gasteiger partial charge in [-0.2, -0.15) is 0 Å². The van der Waals surface area contributed by atoms with Crippen LogP contribution < -0.4 is 0 Å². The van der Waals surface area contributed by atoms with E-state index in [9.17, 15) is 0 Å². The second-order valence-corrected chi connectivity index (χ2v) is 2.74. The lowest BCUT2D eigenvalue weighted by Crippen LogP contribution is -1.81. The molecular formula is C12H9O. The average Bonchev–Trinajstić information content (AvgIpc) is 2.71. The zero-order chi connectivity index (χ0) is 9.10. The first-order valence-electron chi connectivity index (χ1n) is 4.07. The van der Waals surface area contributed by atoms with E-state index in [1.807, 2.05) is 36.4 Å². The van der Waals surface area contributed by atoms with Gasteiger partial charge in [0, 0.05) is 5.57 Å². The fourth-order valence-electron chi connectivity index (χ4n) is 1.18. The first kappa shape index (κ1) is 7.87. The number of benzene rings is 1. The van der Waals surface area contributed by atoms with Gasteiger partial charge >= 0.3 is 0 Å². The van der Waals surface area contributed by atoms with Gasteiger partial charge in [0.25, 0.3) is 0 Å². The molecule has 2 aromatic rings. The summed E-state index contributed by atoms with van der Waals surface area (Å²) in [6.45, 7) is 3.96. The first-order chi connectivity index (χ1) is 6.38. The Morgan fingerprint density at radius 2 is 2.00 bits per heavy atom. The third-order valence-electron chi connectivity index (χ3n) is 1.89. The topological polar surface area (TPSA) is 13.1 Å². The molecule has 1 heteroatoms. The quantitative estimate of drug-likeness (QED) is 0.673. The first-order valence-corrected chi connectivity index (χ1v) is 4.07. The molecule has 1 heterocycles. The molecule has 1 aromatic carbocycles. The van der Waals surface area contributed by atoms with Gasteiger partial charge < -0.3 is 4.42 Å². The molecule has 0 fully saturated rings. The molecule has 0 saturated heterocycles. The highest BCUT2D eigenvalue weighted by atomic mass is 16.3. The van der Waals surface area contributed by atoms with Gasteiger partial charge in [-0.1, -0.05) is 30.8 Å². The van der Waals surface area contributed by atoms with Crippen LogP contribution in [0.3, 0.4) is 0 Å². The summed E-state index contributed by atoms with van der Waals surface area (Å²) in [6, 6.07) is 14.4. The van der Waals surface area contributed by atoms with Gasteiger partial charge in [-0.05, 0) is 23.8 Å². The van der Waals surface area contributed by atoms with E-state index in [1.54, 1.807) is 6.26 Å². The van der Waals surface area contributed by atoms with Crippen LogP contribution in [0.5, 0.6) is 0 Å². The van der Waals surface area contributed by atoms with Crippen LogP contribution in [-0.2, 0) is 0 Å². The van der Waals surface area contributed by atoms with Crippen LogP contribution in [0.4, 0.5) is 0 Å². The Labute approximate surface area is 77.3 Å². The van der Waals surface area contributed by atoms with E-state index in [1.165, 1.54) is 0 Å². The molecule has 2 rings (SSSR count). The Hall–Kier alpha value is -1.76. The summed E-state index contributed by atoms with van der Waals surface area (Å²) >= 11 is 0. The molecule has 0 bridgehead atoms. The van der Waals surface area contributed by atoms with Crippen molar-refractivity contribution in [3.63, 3.8) is 0 Å². The molecule has 0 atom stereocenters. The lowest BCUT2D eigenvalue weighted by molar-refractivity contribution is 0.554. The molecule has 0 unspecified atom stereocenters. The Balaban J connectivity index is 2.34. The van der Waals surface area contributed by atoms with Crippen molar-refractivity contribution in [2.24, 2.45) is 0 Å². The van der Waals surface area contributed by atoms with Crippen molar-refractivity contribution in [3.05, 3.63) is 66.6 Å². The fraction of sp³-hybridized carbons (Fsp3) is 0. The Bertz CT molecular complexity index is 384. The van der Waals surface area contributed by atoms with E-state index in [4.69, 9.17) is 4.42 Å². The van der Waals surface area contributed by atoms with Crippen molar-refractivity contribution >= 4 is 5.57 Å². The Kier molecular flexibility index (Phi) is 2.01. The highest BCUT2D eigenvalue weighted by molar-refractivity contribution is 5.74. The third kappa shape index (κ3) is 1.54. The van der Waals surface area contributed by atoms with Crippen molar-refractivity contribution in [1.82, 2.24) is 0 Å². The Morgan fingerprint density at radius 1 is 1.23 bits per heavy atom. The molecule has 0 N–H and O–H groups in total. The maximum absolute atomic E-state index is 5.24. The van der Waals surface area contributed by atoms with Crippen LogP contribution in [0, 0.1) is 6.07 Å². The third-order valence-corrected chi connectivity index (χ3v) is 1.89. The predicted molar refractivity (Wildman–Crippen MR) is 52.1 cm³/mol. The zero-order valence-corrected chi connectivity index (χ0v) is 7.16. The van der Waals surface area contributed by atoms with Crippen molar-refractivity contribution in [3.8, 4) is 0 Å². The lowest BCUT2D eigenvalue weighted by atomic mass is 10.1. The van der Waals surface area contributed by atoms with Crippen molar-refractivity contribution in [2.45, 2.75) is 0 Å². The minimum Gasteiger partial charge on any atom is -0.464 e. The molecule has 63 valence electrons. The van der Waals surface area contributed by atoms with Gasteiger partial charge in [0.15, 0.2) is 0 Å². The molecule has 1 aromatic heterocycles. The van der Waals surface area contributed by atoms with E-state index < -0.39 is 0 Å².